The number of fused-ring (bicyclic) bond motifs is 1. The summed E-state index contributed by atoms with van der Waals surface area (Å²) in [5.41, 5.74) is 3.18. The van der Waals surface area contributed by atoms with Crippen LogP contribution in [0, 0.1) is 5.92 Å². The molecule has 6 nitrogen and oxygen atoms in total. The van der Waals surface area contributed by atoms with Crippen molar-refractivity contribution in [3.05, 3.63) is 65.2 Å². The molecule has 154 valence electrons. The number of hydrogen-bond donors (Lipinski definition) is 2. The van der Waals surface area contributed by atoms with Crippen LogP contribution in [-0.2, 0) is 16.1 Å². The molecule has 1 aliphatic rings. The zero-order valence-corrected chi connectivity index (χ0v) is 17.1. The molecule has 0 fully saturated rings. The summed E-state index contributed by atoms with van der Waals surface area (Å²) in [5, 5.41) is 6.52. The van der Waals surface area contributed by atoms with Crippen LogP contribution >= 0.6 is 0 Å². The predicted molar refractivity (Wildman–Crippen MR) is 112 cm³/mol. The fraction of sp³-hybridized carbons (Fsp3) is 0.391. The molecule has 1 amide bonds. The molecule has 2 unspecified atom stereocenters. The number of esters is 1. The summed E-state index contributed by atoms with van der Waals surface area (Å²) in [4.78, 5) is 24.7. The van der Waals surface area contributed by atoms with Gasteiger partial charge in [-0.05, 0) is 42.7 Å². The summed E-state index contributed by atoms with van der Waals surface area (Å²) in [7, 11) is 0. The summed E-state index contributed by atoms with van der Waals surface area (Å²) in [5.74, 6) is -0.250. The fourth-order valence-electron chi connectivity index (χ4n) is 3.71. The zero-order valence-electron chi connectivity index (χ0n) is 17.1. The predicted octanol–water partition coefficient (Wildman–Crippen LogP) is 4.67. The number of alkyl carbamates (subject to hydrolysis) is 1. The average Bonchev–Trinajstić information content (AvgIpc) is 2.74. The van der Waals surface area contributed by atoms with Gasteiger partial charge < -0.3 is 20.1 Å². The Bertz CT molecular complexity index is 853. The Morgan fingerprint density at radius 1 is 1.07 bits per heavy atom. The van der Waals surface area contributed by atoms with Crippen LogP contribution in [0.5, 0.6) is 0 Å². The van der Waals surface area contributed by atoms with E-state index in [1.165, 1.54) is 0 Å². The van der Waals surface area contributed by atoms with E-state index < -0.39 is 6.09 Å². The summed E-state index contributed by atoms with van der Waals surface area (Å²) >= 11 is 0. The Morgan fingerprint density at radius 3 is 2.52 bits per heavy atom. The van der Waals surface area contributed by atoms with E-state index in [9.17, 15) is 9.59 Å². The normalized spacial score (nSPS) is 20.2. The van der Waals surface area contributed by atoms with Crippen LogP contribution in [0.3, 0.4) is 0 Å². The first-order valence-corrected chi connectivity index (χ1v) is 10.1. The Morgan fingerprint density at radius 2 is 1.83 bits per heavy atom. The van der Waals surface area contributed by atoms with E-state index in [1.54, 1.807) is 19.1 Å². The van der Waals surface area contributed by atoms with E-state index in [-0.39, 0.29) is 30.6 Å². The quantitative estimate of drug-likeness (QED) is 0.694. The fourth-order valence-corrected chi connectivity index (χ4v) is 3.71. The highest BCUT2D eigenvalue weighted by molar-refractivity contribution is 5.90. The summed E-state index contributed by atoms with van der Waals surface area (Å²) in [6.45, 7) is 6.49. The minimum Gasteiger partial charge on any atom is -0.462 e. The highest BCUT2D eigenvalue weighted by atomic mass is 16.5. The number of carbonyl (C=O) groups excluding carboxylic acids is 2. The van der Waals surface area contributed by atoms with Gasteiger partial charge in [-0.25, -0.2) is 9.59 Å². The average molecular weight is 396 g/mol. The second kappa shape index (κ2) is 9.45. The molecule has 3 rings (SSSR count). The van der Waals surface area contributed by atoms with Gasteiger partial charge >= 0.3 is 12.1 Å². The molecule has 0 bridgehead atoms. The number of hydrogen-bond acceptors (Lipinski definition) is 5. The van der Waals surface area contributed by atoms with Gasteiger partial charge in [0.05, 0.1) is 18.2 Å². The Hall–Kier alpha value is -3.02. The van der Waals surface area contributed by atoms with Crippen molar-refractivity contribution in [2.45, 2.75) is 45.9 Å². The maximum Gasteiger partial charge on any atom is 0.407 e. The second-order valence-electron chi connectivity index (χ2n) is 7.22. The molecule has 0 radical (unpaired) electrons. The molecule has 0 saturated carbocycles. The lowest BCUT2D eigenvalue weighted by molar-refractivity contribution is 0.0526. The van der Waals surface area contributed by atoms with Crippen LogP contribution in [0.25, 0.3) is 0 Å². The van der Waals surface area contributed by atoms with E-state index in [2.05, 4.69) is 24.5 Å². The number of ether oxygens (including phenoxy) is 2. The molecule has 2 N–H and O–H groups in total. The van der Waals surface area contributed by atoms with Gasteiger partial charge in [0.15, 0.2) is 0 Å². The monoisotopic (exact) mass is 396 g/mol. The number of nitrogens with one attached hydrogen (secondary N) is 2. The third-order valence-corrected chi connectivity index (χ3v) is 5.33. The lowest BCUT2D eigenvalue weighted by Crippen LogP contribution is -2.43. The summed E-state index contributed by atoms with van der Waals surface area (Å²) in [6.07, 6.45) is 0.437. The van der Waals surface area contributed by atoms with E-state index in [4.69, 9.17) is 9.47 Å². The minimum absolute atomic E-state index is 0.120. The van der Waals surface area contributed by atoms with Crippen LogP contribution < -0.4 is 10.6 Å². The molecule has 1 heterocycles. The maximum atomic E-state index is 12.5. The third-order valence-electron chi connectivity index (χ3n) is 5.33. The van der Waals surface area contributed by atoms with Crippen molar-refractivity contribution in [1.29, 1.82) is 0 Å². The molecule has 6 heteroatoms. The van der Waals surface area contributed by atoms with Crippen molar-refractivity contribution >= 4 is 17.7 Å². The SMILES string of the molecule is CCOC(=O)c1ccc2c(c1)C(NC(=O)OCc1ccccc1)[C@@H](C)C(CC)N2. The van der Waals surface area contributed by atoms with E-state index in [0.717, 1.165) is 23.2 Å². The molecule has 1 aliphatic heterocycles. The summed E-state index contributed by atoms with van der Waals surface area (Å²) < 4.78 is 10.5. The smallest absolute Gasteiger partial charge is 0.407 e. The largest absolute Gasteiger partial charge is 0.462 e. The highest BCUT2D eigenvalue weighted by Crippen LogP contribution is 2.38. The van der Waals surface area contributed by atoms with Gasteiger partial charge in [0, 0.05) is 17.6 Å². The summed E-state index contributed by atoms with van der Waals surface area (Å²) in [6, 6.07) is 14.9. The van der Waals surface area contributed by atoms with Gasteiger partial charge in [-0.15, -0.1) is 0 Å². The van der Waals surface area contributed by atoms with Crippen molar-refractivity contribution in [1.82, 2.24) is 5.32 Å². The van der Waals surface area contributed by atoms with Gasteiger partial charge in [-0.1, -0.05) is 44.2 Å². The molecule has 2 aromatic carbocycles. The molecule has 3 atom stereocenters. The third kappa shape index (κ3) is 4.88. The number of anilines is 1. The van der Waals surface area contributed by atoms with Gasteiger partial charge in [0.2, 0.25) is 0 Å². The van der Waals surface area contributed by atoms with E-state index in [0.29, 0.717) is 12.2 Å². The minimum atomic E-state index is -0.477. The Labute approximate surface area is 171 Å². The molecular formula is C23H28N2O4. The second-order valence-corrected chi connectivity index (χ2v) is 7.22. The molecule has 0 aromatic heterocycles. The maximum absolute atomic E-state index is 12.5. The van der Waals surface area contributed by atoms with Crippen molar-refractivity contribution in [3.63, 3.8) is 0 Å². The Kier molecular flexibility index (Phi) is 6.75. The number of rotatable bonds is 6. The first-order valence-electron chi connectivity index (χ1n) is 10.1. The number of carbonyl (C=O) groups is 2. The molecular weight excluding hydrogens is 368 g/mol. The van der Waals surface area contributed by atoms with Crippen molar-refractivity contribution in [2.75, 3.05) is 11.9 Å². The van der Waals surface area contributed by atoms with Gasteiger partial charge in [0.25, 0.3) is 0 Å². The molecule has 0 saturated heterocycles. The van der Waals surface area contributed by atoms with Gasteiger partial charge in [-0.2, -0.15) is 0 Å². The van der Waals surface area contributed by atoms with Gasteiger partial charge in [-0.3, -0.25) is 0 Å². The van der Waals surface area contributed by atoms with Crippen molar-refractivity contribution in [2.24, 2.45) is 5.92 Å². The molecule has 0 aliphatic carbocycles. The molecule has 2 aromatic rings. The van der Waals surface area contributed by atoms with E-state index in [1.807, 2.05) is 36.4 Å². The first kappa shape index (κ1) is 20.7. The lowest BCUT2D eigenvalue weighted by Gasteiger charge is -2.39. The lowest BCUT2D eigenvalue weighted by atomic mass is 9.82. The van der Waals surface area contributed by atoms with Crippen LogP contribution in [0.15, 0.2) is 48.5 Å². The molecule has 29 heavy (non-hydrogen) atoms. The Balaban J connectivity index is 1.79. The van der Waals surface area contributed by atoms with Crippen molar-refractivity contribution in [3.8, 4) is 0 Å². The molecule has 0 spiro atoms. The van der Waals surface area contributed by atoms with Crippen LogP contribution in [0.4, 0.5) is 10.5 Å². The zero-order chi connectivity index (χ0) is 20.8. The van der Waals surface area contributed by atoms with Crippen LogP contribution in [0.2, 0.25) is 0 Å². The number of benzene rings is 2. The van der Waals surface area contributed by atoms with E-state index >= 15 is 0 Å². The topological polar surface area (TPSA) is 76.7 Å². The highest BCUT2D eigenvalue weighted by Gasteiger charge is 2.34. The standard InChI is InChI=1S/C23H28N2O4/c1-4-19-15(3)21(25-23(27)29-14-16-9-7-6-8-10-16)18-13-17(22(26)28-5-2)11-12-20(18)24-19/h6-13,15,19,21,24H,4-5,14H2,1-3H3,(H,25,27)/t15-,19?,21?/m0/s1. The van der Waals surface area contributed by atoms with Crippen LogP contribution in [0.1, 0.15) is 54.7 Å². The number of amides is 1. The van der Waals surface area contributed by atoms with Crippen molar-refractivity contribution < 1.29 is 19.1 Å². The van der Waals surface area contributed by atoms with Gasteiger partial charge in [0.1, 0.15) is 6.61 Å². The first-order chi connectivity index (χ1) is 14.0. The van der Waals surface area contributed by atoms with Crippen LogP contribution in [-0.4, -0.2) is 24.7 Å².